The van der Waals surface area contributed by atoms with Crippen LogP contribution in [0, 0.1) is 5.92 Å². The van der Waals surface area contributed by atoms with E-state index in [0.717, 1.165) is 25.7 Å². The standard InChI is InChI=1S/C27H52O3/c1-4-6-8-10-12-14-16-18-20-22-24-26(28)25(27(29)30-3)23-21-19-17-15-13-11-9-7-5-2/h25H,4-24H2,1-3H3. The van der Waals surface area contributed by atoms with E-state index in [1.807, 2.05) is 0 Å². The van der Waals surface area contributed by atoms with Gasteiger partial charge in [-0.1, -0.05) is 129 Å². The van der Waals surface area contributed by atoms with E-state index >= 15 is 0 Å². The van der Waals surface area contributed by atoms with Crippen molar-refractivity contribution in [2.24, 2.45) is 5.92 Å². The van der Waals surface area contributed by atoms with Crippen LogP contribution in [0.15, 0.2) is 0 Å². The van der Waals surface area contributed by atoms with Crippen molar-refractivity contribution in [1.29, 1.82) is 0 Å². The second-order valence-electron chi connectivity index (χ2n) is 9.09. The lowest BCUT2D eigenvalue weighted by atomic mass is 9.93. The maximum atomic E-state index is 12.5. The fourth-order valence-corrected chi connectivity index (χ4v) is 4.17. The number of carbonyl (C=O) groups is 2. The predicted octanol–water partition coefficient (Wildman–Crippen LogP) is 8.58. The summed E-state index contributed by atoms with van der Waals surface area (Å²) >= 11 is 0. The van der Waals surface area contributed by atoms with Gasteiger partial charge in [0, 0.05) is 6.42 Å². The Bertz CT molecular complexity index is 392. The Morgan fingerprint density at radius 2 is 0.933 bits per heavy atom. The minimum absolute atomic E-state index is 0.0981. The minimum atomic E-state index is -0.530. The van der Waals surface area contributed by atoms with E-state index in [9.17, 15) is 9.59 Å². The van der Waals surface area contributed by atoms with Crippen molar-refractivity contribution in [3.63, 3.8) is 0 Å². The number of methoxy groups -OCH3 is 1. The van der Waals surface area contributed by atoms with E-state index in [1.165, 1.54) is 103 Å². The highest BCUT2D eigenvalue weighted by atomic mass is 16.5. The van der Waals surface area contributed by atoms with Crippen molar-refractivity contribution < 1.29 is 14.3 Å². The second kappa shape index (κ2) is 22.8. The highest BCUT2D eigenvalue weighted by Gasteiger charge is 2.26. The number of hydrogen-bond acceptors (Lipinski definition) is 3. The Hall–Kier alpha value is -0.860. The van der Waals surface area contributed by atoms with Gasteiger partial charge in [-0.3, -0.25) is 9.59 Å². The molecule has 0 heterocycles. The minimum Gasteiger partial charge on any atom is -0.468 e. The molecule has 0 fully saturated rings. The molecule has 0 aromatic carbocycles. The largest absolute Gasteiger partial charge is 0.468 e. The van der Waals surface area contributed by atoms with Gasteiger partial charge in [0.25, 0.3) is 0 Å². The number of carbonyl (C=O) groups excluding carboxylic acids is 2. The smallest absolute Gasteiger partial charge is 0.316 e. The third-order valence-electron chi connectivity index (χ3n) is 6.25. The van der Waals surface area contributed by atoms with Gasteiger partial charge in [-0.15, -0.1) is 0 Å². The molecule has 0 aliphatic heterocycles. The second-order valence-corrected chi connectivity index (χ2v) is 9.09. The van der Waals surface area contributed by atoms with Crippen LogP contribution in [0.1, 0.15) is 149 Å². The number of hydrogen-bond donors (Lipinski definition) is 0. The molecule has 1 atom stereocenters. The average molecular weight is 425 g/mol. The molecule has 0 N–H and O–H groups in total. The van der Waals surface area contributed by atoms with Gasteiger partial charge in [-0.05, 0) is 12.8 Å². The molecule has 0 radical (unpaired) electrons. The average Bonchev–Trinajstić information content (AvgIpc) is 2.75. The van der Waals surface area contributed by atoms with E-state index in [-0.39, 0.29) is 11.8 Å². The molecule has 0 rings (SSSR count). The zero-order valence-corrected chi connectivity index (χ0v) is 20.7. The summed E-state index contributed by atoms with van der Waals surface area (Å²) in [5.41, 5.74) is 0. The highest BCUT2D eigenvalue weighted by Crippen LogP contribution is 2.19. The Morgan fingerprint density at radius 3 is 1.33 bits per heavy atom. The van der Waals surface area contributed by atoms with Crippen molar-refractivity contribution in [2.75, 3.05) is 7.11 Å². The summed E-state index contributed by atoms with van der Waals surface area (Å²) in [5, 5.41) is 0. The van der Waals surface area contributed by atoms with Crippen LogP contribution in [0.4, 0.5) is 0 Å². The molecule has 0 bridgehead atoms. The number of rotatable bonds is 23. The van der Waals surface area contributed by atoms with Crippen LogP contribution in [0.25, 0.3) is 0 Å². The number of unbranched alkanes of at least 4 members (excludes halogenated alkanes) is 17. The normalized spacial score (nSPS) is 12.1. The van der Waals surface area contributed by atoms with E-state index in [2.05, 4.69) is 13.8 Å². The zero-order valence-electron chi connectivity index (χ0n) is 20.7. The molecule has 0 aliphatic rings. The summed E-state index contributed by atoms with van der Waals surface area (Å²) in [7, 11) is 1.40. The van der Waals surface area contributed by atoms with Crippen LogP contribution < -0.4 is 0 Å². The maximum absolute atomic E-state index is 12.5. The summed E-state index contributed by atoms with van der Waals surface area (Å²) in [5.74, 6) is -0.759. The predicted molar refractivity (Wildman–Crippen MR) is 129 cm³/mol. The molecular formula is C27H52O3. The molecule has 178 valence electrons. The van der Waals surface area contributed by atoms with Crippen molar-refractivity contribution in [2.45, 2.75) is 149 Å². The highest BCUT2D eigenvalue weighted by molar-refractivity contribution is 5.98. The molecule has 0 aliphatic carbocycles. The number of esters is 1. The summed E-state index contributed by atoms with van der Waals surface area (Å²) in [6.45, 7) is 4.50. The monoisotopic (exact) mass is 424 g/mol. The van der Waals surface area contributed by atoms with Crippen molar-refractivity contribution in [3.8, 4) is 0 Å². The Morgan fingerprint density at radius 1 is 0.567 bits per heavy atom. The third-order valence-corrected chi connectivity index (χ3v) is 6.25. The van der Waals surface area contributed by atoms with Crippen molar-refractivity contribution >= 4 is 11.8 Å². The van der Waals surface area contributed by atoms with Crippen molar-refractivity contribution in [3.05, 3.63) is 0 Å². The summed E-state index contributed by atoms with van der Waals surface area (Å²) in [6, 6.07) is 0. The first kappa shape index (κ1) is 29.1. The van der Waals surface area contributed by atoms with Crippen LogP contribution in [-0.4, -0.2) is 18.9 Å². The van der Waals surface area contributed by atoms with E-state index in [1.54, 1.807) is 0 Å². The topological polar surface area (TPSA) is 43.4 Å². The molecule has 0 amide bonds. The fraction of sp³-hybridized carbons (Fsp3) is 0.926. The number of Topliss-reactive ketones (excluding diaryl/α,β-unsaturated/α-hetero) is 1. The van der Waals surface area contributed by atoms with Crippen LogP contribution in [0.3, 0.4) is 0 Å². The Kier molecular flexibility index (Phi) is 22.2. The Balaban J connectivity index is 3.80. The summed E-state index contributed by atoms with van der Waals surface area (Å²) < 4.78 is 4.91. The summed E-state index contributed by atoms with van der Waals surface area (Å²) in [6.07, 6.45) is 25.0. The molecular weight excluding hydrogens is 372 g/mol. The fourth-order valence-electron chi connectivity index (χ4n) is 4.17. The molecule has 1 unspecified atom stereocenters. The lowest BCUT2D eigenvalue weighted by Crippen LogP contribution is -2.25. The molecule has 0 spiro atoms. The van der Waals surface area contributed by atoms with Crippen LogP contribution in [-0.2, 0) is 14.3 Å². The molecule has 0 aromatic heterocycles. The lowest BCUT2D eigenvalue weighted by molar-refractivity contribution is -0.149. The molecule has 3 nitrogen and oxygen atoms in total. The van der Waals surface area contributed by atoms with Gasteiger partial charge >= 0.3 is 5.97 Å². The molecule has 3 heteroatoms. The SMILES string of the molecule is CCCCCCCCCCCCC(=O)C(CCCCCCCCCCC)C(=O)OC. The van der Waals surface area contributed by atoms with E-state index in [4.69, 9.17) is 4.74 Å². The van der Waals surface area contributed by atoms with Crippen LogP contribution in [0.5, 0.6) is 0 Å². The van der Waals surface area contributed by atoms with Gasteiger partial charge in [0.15, 0.2) is 0 Å². The first-order valence-electron chi connectivity index (χ1n) is 13.3. The first-order chi connectivity index (χ1) is 14.7. The summed E-state index contributed by atoms with van der Waals surface area (Å²) in [4.78, 5) is 24.6. The molecule has 0 saturated heterocycles. The molecule has 0 aromatic rings. The van der Waals surface area contributed by atoms with Crippen LogP contribution >= 0.6 is 0 Å². The number of ether oxygens (including phenoxy) is 1. The maximum Gasteiger partial charge on any atom is 0.316 e. The quantitative estimate of drug-likeness (QED) is 0.0937. The lowest BCUT2D eigenvalue weighted by Gasteiger charge is -2.13. The molecule has 0 saturated carbocycles. The van der Waals surface area contributed by atoms with Gasteiger partial charge in [0.2, 0.25) is 0 Å². The molecule has 30 heavy (non-hydrogen) atoms. The van der Waals surface area contributed by atoms with E-state index in [0.29, 0.717) is 12.8 Å². The van der Waals surface area contributed by atoms with Crippen molar-refractivity contribution in [1.82, 2.24) is 0 Å². The first-order valence-corrected chi connectivity index (χ1v) is 13.3. The van der Waals surface area contributed by atoms with Gasteiger partial charge in [0.05, 0.1) is 7.11 Å². The van der Waals surface area contributed by atoms with Gasteiger partial charge < -0.3 is 4.74 Å². The zero-order chi connectivity index (χ0) is 22.3. The Labute approximate surface area is 188 Å². The van der Waals surface area contributed by atoms with E-state index < -0.39 is 5.92 Å². The van der Waals surface area contributed by atoms with Gasteiger partial charge in [-0.25, -0.2) is 0 Å². The third kappa shape index (κ3) is 18.0. The number of ketones is 1. The van der Waals surface area contributed by atoms with Gasteiger partial charge in [0.1, 0.15) is 11.7 Å². The van der Waals surface area contributed by atoms with Gasteiger partial charge in [-0.2, -0.15) is 0 Å². The van der Waals surface area contributed by atoms with Crippen LogP contribution in [0.2, 0.25) is 0 Å².